The van der Waals surface area contributed by atoms with Gasteiger partial charge in [0, 0.05) is 29.9 Å². The van der Waals surface area contributed by atoms with Gasteiger partial charge >= 0.3 is 0 Å². The molecular weight excluding hydrogens is 483 g/mol. The quantitative estimate of drug-likeness (QED) is 0.292. The number of carbonyl (C=O) groups is 1. The normalized spacial score (nSPS) is 19.3. The largest absolute Gasteiger partial charge is 0.393 e. The first-order chi connectivity index (χ1) is 18.4. The Balaban J connectivity index is 1.63. The van der Waals surface area contributed by atoms with Gasteiger partial charge in [-0.2, -0.15) is 0 Å². The summed E-state index contributed by atoms with van der Waals surface area (Å²) < 4.78 is 21.7. The number of carbonyl (C=O) groups excluding carboxylic acids is 1. The molecule has 0 aliphatic carbocycles. The van der Waals surface area contributed by atoms with Gasteiger partial charge in [-0.3, -0.25) is 4.79 Å². The van der Waals surface area contributed by atoms with Crippen LogP contribution in [0.5, 0.6) is 0 Å². The number of nitrogens with one attached hydrogen (secondary N) is 1. The van der Waals surface area contributed by atoms with Crippen LogP contribution < -0.4 is 5.32 Å². The number of nitrogens with zero attached hydrogens (tertiary/aromatic N) is 1. The summed E-state index contributed by atoms with van der Waals surface area (Å²) in [4.78, 5) is 13.8. The van der Waals surface area contributed by atoms with E-state index in [4.69, 9.17) is 4.74 Å². The third kappa shape index (κ3) is 5.55. The number of rotatable bonds is 7. The molecule has 38 heavy (non-hydrogen) atoms. The highest BCUT2D eigenvalue weighted by atomic mass is 19.1. The van der Waals surface area contributed by atoms with Crippen molar-refractivity contribution in [3.8, 4) is 22.4 Å². The number of ether oxygens (including phenoxy) is 1. The van der Waals surface area contributed by atoms with Crippen molar-refractivity contribution in [1.82, 2.24) is 4.57 Å². The van der Waals surface area contributed by atoms with Crippen LogP contribution in [0.2, 0.25) is 0 Å². The minimum atomic E-state index is -1.00. The zero-order chi connectivity index (χ0) is 26.6. The molecule has 6 nitrogen and oxygen atoms in total. The van der Waals surface area contributed by atoms with Gasteiger partial charge in [-0.25, -0.2) is 4.39 Å². The zero-order valence-electron chi connectivity index (χ0n) is 21.2. The number of halogens is 1. The van der Waals surface area contributed by atoms with Crippen molar-refractivity contribution in [3.05, 3.63) is 102 Å². The Morgan fingerprint density at radius 2 is 1.61 bits per heavy atom. The Labute approximate surface area is 221 Å². The molecule has 5 rings (SSSR count). The molecule has 3 aromatic carbocycles. The lowest BCUT2D eigenvalue weighted by Gasteiger charge is -2.30. The Kier molecular flexibility index (Phi) is 7.69. The van der Waals surface area contributed by atoms with E-state index < -0.39 is 12.4 Å². The Bertz CT molecular complexity index is 1380. The highest BCUT2D eigenvalue weighted by Crippen LogP contribution is 2.40. The van der Waals surface area contributed by atoms with Crippen molar-refractivity contribution in [3.63, 3.8) is 0 Å². The highest BCUT2D eigenvalue weighted by Gasteiger charge is 2.30. The van der Waals surface area contributed by atoms with Gasteiger partial charge in [0.1, 0.15) is 5.82 Å². The van der Waals surface area contributed by atoms with Crippen LogP contribution in [0.1, 0.15) is 35.3 Å². The number of aliphatic hydroxyl groups is 2. The molecule has 0 radical (unpaired) electrons. The Morgan fingerprint density at radius 3 is 2.26 bits per heavy atom. The van der Waals surface area contributed by atoms with Crippen LogP contribution in [0, 0.1) is 12.7 Å². The van der Waals surface area contributed by atoms with E-state index in [-0.39, 0.29) is 24.2 Å². The molecule has 1 aliphatic rings. The minimum Gasteiger partial charge on any atom is -0.393 e. The van der Waals surface area contributed by atoms with Crippen molar-refractivity contribution in [2.45, 2.75) is 51.2 Å². The number of aliphatic hydroxyl groups excluding tert-OH is 2. The highest BCUT2D eigenvalue weighted by molar-refractivity contribution is 6.12. The van der Waals surface area contributed by atoms with Crippen LogP contribution in [0.4, 0.5) is 10.1 Å². The summed E-state index contributed by atoms with van der Waals surface area (Å²) in [5.41, 5.74) is 5.17. The van der Waals surface area contributed by atoms with Crippen LogP contribution in [-0.4, -0.2) is 39.2 Å². The predicted molar refractivity (Wildman–Crippen MR) is 145 cm³/mol. The summed E-state index contributed by atoms with van der Waals surface area (Å²) >= 11 is 0. The summed E-state index contributed by atoms with van der Waals surface area (Å²) in [5, 5.41) is 23.2. The standard InChI is InChI=1S/C31H31FN2O4/c1-20-28(31(37)33-24-10-6-3-7-11-24)29(21-8-4-2-5-9-21)30(22-12-14-23(32)15-13-22)34(20)17-16-26-18-25(35)19-27(36)38-26/h2-15,25-27,35-36H,16-19H2,1H3,(H,33,37). The number of para-hydroxylation sites is 1. The fourth-order valence-electron chi connectivity index (χ4n) is 5.23. The molecule has 1 aromatic heterocycles. The van der Waals surface area contributed by atoms with Crippen LogP contribution in [0.25, 0.3) is 22.4 Å². The minimum absolute atomic E-state index is 0.196. The number of hydrogen-bond acceptors (Lipinski definition) is 4. The van der Waals surface area contributed by atoms with Gasteiger partial charge in [0.25, 0.3) is 5.91 Å². The van der Waals surface area contributed by atoms with E-state index in [0.717, 1.165) is 28.1 Å². The van der Waals surface area contributed by atoms with Crippen molar-refractivity contribution in [1.29, 1.82) is 0 Å². The van der Waals surface area contributed by atoms with Crippen molar-refractivity contribution >= 4 is 11.6 Å². The number of anilines is 1. The first-order valence-corrected chi connectivity index (χ1v) is 12.8. The second-order valence-electron chi connectivity index (χ2n) is 9.66. The molecule has 3 unspecified atom stereocenters. The van der Waals surface area contributed by atoms with E-state index in [2.05, 4.69) is 9.88 Å². The molecular formula is C31H31FN2O4. The molecule has 2 heterocycles. The number of benzene rings is 3. The first kappa shape index (κ1) is 25.9. The van der Waals surface area contributed by atoms with Gasteiger partial charge in [-0.15, -0.1) is 0 Å². The second-order valence-corrected chi connectivity index (χ2v) is 9.66. The lowest BCUT2D eigenvalue weighted by Crippen LogP contribution is -2.36. The van der Waals surface area contributed by atoms with Gasteiger partial charge in [0.15, 0.2) is 6.29 Å². The molecule has 1 saturated heterocycles. The maximum absolute atomic E-state index is 13.9. The van der Waals surface area contributed by atoms with E-state index in [9.17, 15) is 19.4 Å². The Hall–Kier alpha value is -3.78. The zero-order valence-corrected chi connectivity index (χ0v) is 21.2. The monoisotopic (exact) mass is 514 g/mol. The molecule has 196 valence electrons. The average molecular weight is 515 g/mol. The van der Waals surface area contributed by atoms with E-state index in [0.29, 0.717) is 30.6 Å². The van der Waals surface area contributed by atoms with Crippen molar-refractivity contribution < 1.29 is 24.1 Å². The number of hydrogen-bond donors (Lipinski definition) is 3. The van der Waals surface area contributed by atoms with Gasteiger partial charge < -0.3 is 24.8 Å². The fraction of sp³-hybridized carbons (Fsp3) is 0.258. The molecule has 4 aromatic rings. The molecule has 3 N–H and O–H groups in total. The van der Waals surface area contributed by atoms with Gasteiger partial charge in [-0.1, -0.05) is 48.5 Å². The van der Waals surface area contributed by atoms with Gasteiger partial charge in [-0.05, 0) is 67.3 Å². The summed E-state index contributed by atoms with van der Waals surface area (Å²) in [6.07, 6.45) is -0.821. The van der Waals surface area contributed by atoms with E-state index >= 15 is 0 Å². The molecule has 1 aliphatic heterocycles. The third-order valence-corrected chi connectivity index (χ3v) is 7.00. The Morgan fingerprint density at radius 1 is 0.947 bits per heavy atom. The number of aromatic nitrogens is 1. The smallest absolute Gasteiger partial charge is 0.258 e. The first-order valence-electron chi connectivity index (χ1n) is 12.8. The van der Waals surface area contributed by atoms with E-state index in [1.165, 1.54) is 12.1 Å². The van der Waals surface area contributed by atoms with Crippen LogP contribution in [0.3, 0.4) is 0 Å². The fourth-order valence-corrected chi connectivity index (χ4v) is 5.23. The maximum Gasteiger partial charge on any atom is 0.258 e. The van der Waals surface area contributed by atoms with E-state index in [1.54, 1.807) is 12.1 Å². The number of amides is 1. The second kappa shape index (κ2) is 11.3. The van der Waals surface area contributed by atoms with E-state index in [1.807, 2.05) is 67.6 Å². The molecule has 0 spiro atoms. The summed E-state index contributed by atoms with van der Waals surface area (Å²) in [6.45, 7) is 2.38. The van der Waals surface area contributed by atoms with Crippen molar-refractivity contribution in [2.24, 2.45) is 0 Å². The molecule has 1 fully saturated rings. The maximum atomic E-state index is 13.9. The predicted octanol–water partition coefficient (Wildman–Crippen LogP) is 5.77. The molecule has 1 amide bonds. The SMILES string of the molecule is Cc1c(C(=O)Nc2ccccc2)c(-c2ccccc2)c(-c2ccc(F)cc2)n1CCC1CC(O)CC(O)O1. The molecule has 3 atom stereocenters. The lowest BCUT2D eigenvalue weighted by molar-refractivity contribution is -0.190. The molecule has 0 saturated carbocycles. The van der Waals surface area contributed by atoms with Crippen LogP contribution >= 0.6 is 0 Å². The van der Waals surface area contributed by atoms with Crippen LogP contribution in [-0.2, 0) is 11.3 Å². The van der Waals surface area contributed by atoms with Gasteiger partial charge in [0.2, 0.25) is 0 Å². The third-order valence-electron chi connectivity index (χ3n) is 7.00. The van der Waals surface area contributed by atoms with Crippen LogP contribution in [0.15, 0.2) is 84.9 Å². The molecule has 0 bridgehead atoms. The van der Waals surface area contributed by atoms with Gasteiger partial charge in [0.05, 0.1) is 23.5 Å². The summed E-state index contributed by atoms with van der Waals surface area (Å²) in [6, 6.07) is 25.3. The topological polar surface area (TPSA) is 83.7 Å². The lowest BCUT2D eigenvalue weighted by atomic mass is 9.96. The summed E-state index contributed by atoms with van der Waals surface area (Å²) in [5.74, 6) is -0.583. The van der Waals surface area contributed by atoms with Crippen molar-refractivity contribution in [2.75, 3.05) is 5.32 Å². The summed E-state index contributed by atoms with van der Waals surface area (Å²) in [7, 11) is 0. The average Bonchev–Trinajstić information content (AvgIpc) is 3.20. The molecule has 7 heteroatoms.